The zero-order chi connectivity index (χ0) is 12.4. The number of rotatable bonds is 4. The summed E-state index contributed by atoms with van der Waals surface area (Å²) >= 11 is 3.73. The lowest BCUT2D eigenvalue weighted by atomic mass is 9.87. The van der Waals surface area contributed by atoms with Gasteiger partial charge in [-0.05, 0) is 29.9 Å². The highest BCUT2D eigenvalue weighted by Gasteiger charge is 2.28. The van der Waals surface area contributed by atoms with E-state index in [1.807, 2.05) is 6.07 Å². The Balaban J connectivity index is 1.99. The molecule has 1 aliphatic heterocycles. The minimum atomic E-state index is 0.361. The highest BCUT2D eigenvalue weighted by atomic mass is 79.9. The van der Waals surface area contributed by atoms with Crippen LogP contribution < -0.4 is 4.74 Å². The van der Waals surface area contributed by atoms with E-state index in [2.05, 4.69) is 54.9 Å². The lowest BCUT2D eigenvalue weighted by Gasteiger charge is -2.26. The van der Waals surface area contributed by atoms with Crippen molar-refractivity contribution in [2.45, 2.75) is 44.5 Å². The van der Waals surface area contributed by atoms with Crippen LogP contribution in [0.1, 0.15) is 32.8 Å². The van der Waals surface area contributed by atoms with Crippen LogP contribution >= 0.6 is 15.9 Å². The molecule has 17 heavy (non-hydrogen) atoms. The van der Waals surface area contributed by atoms with Crippen molar-refractivity contribution in [1.29, 1.82) is 0 Å². The average molecular weight is 297 g/mol. The molecule has 2 rings (SSSR count). The Labute approximate surface area is 113 Å². The monoisotopic (exact) mass is 296 g/mol. The van der Waals surface area contributed by atoms with E-state index in [9.17, 15) is 0 Å². The standard InChI is InChI=1S/C15H21BrO/c1-10(2)14(11(3)16)9-13-8-12-6-4-5-7-15(12)17-13/h4-7,10-11,13-14H,8-9H2,1-3H3. The van der Waals surface area contributed by atoms with Crippen molar-refractivity contribution >= 4 is 15.9 Å². The van der Waals surface area contributed by atoms with Crippen molar-refractivity contribution in [2.24, 2.45) is 11.8 Å². The molecule has 1 heterocycles. The van der Waals surface area contributed by atoms with Gasteiger partial charge in [0.1, 0.15) is 11.9 Å². The Morgan fingerprint density at radius 3 is 2.59 bits per heavy atom. The molecule has 0 saturated heterocycles. The summed E-state index contributed by atoms with van der Waals surface area (Å²) in [6.45, 7) is 6.84. The first-order chi connectivity index (χ1) is 8.08. The molecule has 3 atom stereocenters. The Bertz CT molecular complexity index is 340. The predicted molar refractivity (Wildman–Crippen MR) is 75.9 cm³/mol. The minimum absolute atomic E-state index is 0.361. The van der Waals surface area contributed by atoms with E-state index in [-0.39, 0.29) is 0 Å². The highest BCUT2D eigenvalue weighted by molar-refractivity contribution is 9.09. The maximum Gasteiger partial charge on any atom is 0.123 e. The Morgan fingerprint density at radius 2 is 2.00 bits per heavy atom. The molecule has 0 saturated carbocycles. The Kier molecular flexibility index (Phi) is 4.13. The maximum atomic E-state index is 6.02. The molecule has 1 aromatic carbocycles. The quantitative estimate of drug-likeness (QED) is 0.747. The van der Waals surface area contributed by atoms with Gasteiger partial charge in [0.05, 0.1) is 0 Å². The normalized spacial score (nSPS) is 22.1. The van der Waals surface area contributed by atoms with Crippen LogP contribution in [0.15, 0.2) is 24.3 Å². The van der Waals surface area contributed by atoms with E-state index in [0.717, 1.165) is 18.6 Å². The summed E-state index contributed by atoms with van der Waals surface area (Å²) in [5, 5.41) is 0. The van der Waals surface area contributed by atoms with Crippen LogP contribution in [0.4, 0.5) is 0 Å². The van der Waals surface area contributed by atoms with Gasteiger partial charge in [-0.25, -0.2) is 0 Å². The molecular formula is C15H21BrO. The van der Waals surface area contributed by atoms with Gasteiger partial charge in [-0.1, -0.05) is 54.9 Å². The summed E-state index contributed by atoms with van der Waals surface area (Å²) in [7, 11) is 0. The average Bonchev–Trinajstić information content (AvgIpc) is 2.67. The van der Waals surface area contributed by atoms with Gasteiger partial charge in [0, 0.05) is 11.2 Å². The Morgan fingerprint density at radius 1 is 1.29 bits per heavy atom. The third-order valence-electron chi connectivity index (χ3n) is 3.70. The smallest absolute Gasteiger partial charge is 0.123 e. The van der Waals surface area contributed by atoms with Crippen LogP contribution in [0.3, 0.4) is 0 Å². The summed E-state index contributed by atoms with van der Waals surface area (Å²) in [5.41, 5.74) is 1.36. The molecule has 0 radical (unpaired) electrons. The molecule has 2 heteroatoms. The van der Waals surface area contributed by atoms with Crippen molar-refractivity contribution in [2.75, 3.05) is 0 Å². The van der Waals surface area contributed by atoms with Gasteiger partial charge in [0.15, 0.2) is 0 Å². The summed E-state index contributed by atoms with van der Waals surface area (Å²) in [6, 6.07) is 8.40. The number of benzene rings is 1. The number of ether oxygens (including phenoxy) is 1. The van der Waals surface area contributed by atoms with E-state index >= 15 is 0 Å². The second-order valence-electron chi connectivity index (χ2n) is 5.37. The van der Waals surface area contributed by atoms with Gasteiger partial charge in [-0.3, -0.25) is 0 Å². The van der Waals surface area contributed by atoms with E-state index < -0.39 is 0 Å². The topological polar surface area (TPSA) is 9.23 Å². The van der Waals surface area contributed by atoms with Gasteiger partial charge in [0.25, 0.3) is 0 Å². The van der Waals surface area contributed by atoms with Crippen molar-refractivity contribution in [3.8, 4) is 5.75 Å². The molecule has 0 amide bonds. The van der Waals surface area contributed by atoms with Crippen LogP contribution in [0, 0.1) is 11.8 Å². The molecule has 0 bridgehead atoms. The van der Waals surface area contributed by atoms with E-state index in [1.165, 1.54) is 5.56 Å². The van der Waals surface area contributed by atoms with Crippen molar-refractivity contribution < 1.29 is 4.74 Å². The third kappa shape index (κ3) is 3.04. The largest absolute Gasteiger partial charge is 0.490 e. The first-order valence-corrected chi connectivity index (χ1v) is 7.38. The fourth-order valence-electron chi connectivity index (χ4n) is 2.68. The van der Waals surface area contributed by atoms with Crippen molar-refractivity contribution in [3.05, 3.63) is 29.8 Å². The first-order valence-electron chi connectivity index (χ1n) is 6.46. The van der Waals surface area contributed by atoms with Crippen molar-refractivity contribution in [1.82, 2.24) is 0 Å². The second-order valence-corrected chi connectivity index (χ2v) is 6.82. The predicted octanol–water partition coefficient (Wildman–Crippen LogP) is 4.44. The van der Waals surface area contributed by atoms with Crippen LogP contribution in [0.2, 0.25) is 0 Å². The summed E-state index contributed by atoms with van der Waals surface area (Å²) in [4.78, 5) is 0.551. The number of fused-ring (bicyclic) bond motifs is 1. The van der Waals surface area contributed by atoms with E-state index in [1.54, 1.807) is 0 Å². The number of hydrogen-bond donors (Lipinski definition) is 0. The first kappa shape index (κ1) is 12.9. The van der Waals surface area contributed by atoms with Crippen LogP contribution in [-0.2, 0) is 6.42 Å². The fraction of sp³-hybridized carbons (Fsp3) is 0.600. The molecule has 0 aromatic heterocycles. The molecular weight excluding hydrogens is 276 g/mol. The third-order valence-corrected chi connectivity index (χ3v) is 4.37. The summed E-state index contributed by atoms with van der Waals surface area (Å²) in [6.07, 6.45) is 2.57. The van der Waals surface area contributed by atoms with E-state index in [0.29, 0.717) is 22.8 Å². The zero-order valence-electron chi connectivity index (χ0n) is 10.8. The minimum Gasteiger partial charge on any atom is -0.490 e. The highest BCUT2D eigenvalue weighted by Crippen LogP contribution is 2.34. The fourth-order valence-corrected chi connectivity index (χ4v) is 3.51. The lowest BCUT2D eigenvalue weighted by Crippen LogP contribution is -2.26. The molecule has 3 unspecified atom stereocenters. The van der Waals surface area contributed by atoms with Crippen LogP contribution in [0.5, 0.6) is 5.75 Å². The molecule has 0 N–H and O–H groups in total. The molecule has 94 valence electrons. The maximum absolute atomic E-state index is 6.02. The van der Waals surface area contributed by atoms with E-state index in [4.69, 9.17) is 4.74 Å². The van der Waals surface area contributed by atoms with Gasteiger partial charge in [-0.2, -0.15) is 0 Å². The van der Waals surface area contributed by atoms with Gasteiger partial charge >= 0.3 is 0 Å². The van der Waals surface area contributed by atoms with Gasteiger partial charge in [-0.15, -0.1) is 0 Å². The lowest BCUT2D eigenvalue weighted by molar-refractivity contribution is 0.175. The number of alkyl halides is 1. The molecule has 1 nitrogen and oxygen atoms in total. The van der Waals surface area contributed by atoms with Gasteiger partial charge < -0.3 is 4.74 Å². The summed E-state index contributed by atoms with van der Waals surface area (Å²) in [5.74, 6) is 2.45. The SMILES string of the molecule is CC(C)C(CC1Cc2ccccc2O1)C(C)Br. The zero-order valence-corrected chi connectivity index (χ0v) is 12.4. The molecule has 1 aliphatic rings. The molecule has 0 fully saturated rings. The Hall–Kier alpha value is -0.500. The van der Waals surface area contributed by atoms with Crippen molar-refractivity contribution in [3.63, 3.8) is 0 Å². The van der Waals surface area contributed by atoms with Gasteiger partial charge in [0.2, 0.25) is 0 Å². The second kappa shape index (κ2) is 5.43. The number of para-hydroxylation sites is 1. The number of halogens is 1. The molecule has 0 aliphatic carbocycles. The number of hydrogen-bond acceptors (Lipinski definition) is 1. The van der Waals surface area contributed by atoms with Crippen LogP contribution in [-0.4, -0.2) is 10.9 Å². The van der Waals surface area contributed by atoms with Crippen LogP contribution in [0.25, 0.3) is 0 Å². The molecule has 0 spiro atoms. The molecule has 1 aromatic rings. The summed E-state index contributed by atoms with van der Waals surface area (Å²) < 4.78 is 6.02.